The molecule has 4 nitrogen and oxygen atoms in total. The monoisotopic (exact) mass is 276 g/mol. The van der Waals surface area contributed by atoms with Crippen LogP contribution in [0.5, 0.6) is 0 Å². The lowest BCUT2D eigenvalue weighted by Crippen LogP contribution is -2.41. The summed E-state index contributed by atoms with van der Waals surface area (Å²) in [5.41, 5.74) is -0.214. The summed E-state index contributed by atoms with van der Waals surface area (Å²) in [6, 6.07) is 7.27. The molecule has 100 valence electrons. The predicted molar refractivity (Wildman–Crippen MR) is 76.9 cm³/mol. The van der Waals surface area contributed by atoms with Gasteiger partial charge < -0.3 is 5.32 Å². The number of hydrogen-bond donors (Lipinski definition) is 1. The summed E-state index contributed by atoms with van der Waals surface area (Å²) in [6.45, 7) is 0. The maximum absolute atomic E-state index is 12.2. The van der Waals surface area contributed by atoms with Crippen molar-refractivity contribution in [2.75, 3.05) is 0 Å². The lowest BCUT2D eigenvalue weighted by molar-refractivity contribution is 0.235. The maximum Gasteiger partial charge on any atom is 0.338 e. The molecule has 1 aliphatic rings. The van der Waals surface area contributed by atoms with Crippen LogP contribution in [-0.2, 0) is 0 Å². The summed E-state index contributed by atoms with van der Waals surface area (Å²) in [7, 11) is 0. The fourth-order valence-corrected chi connectivity index (χ4v) is 3.49. The third kappa shape index (κ3) is 2.42. The number of carbonyl (C=O) groups is 1. The highest BCUT2D eigenvalue weighted by molar-refractivity contribution is 7.14. The molecule has 1 fully saturated rings. The first-order valence-corrected chi connectivity index (χ1v) is 7.45. The number of amides is 1. The molecule has 1 amide bonds. The Balaban J connectivity index is 1.85. The fraction of sp³-hybridized carbons (Fsp3) is 0.429. The van der Waals surface area contributed by atoms with Crippen LogP contribution in [0, 0.1) is 0 Å². The van der Waals surface area contributed by atoms with E-state index < -0.39 is 0 Å². The number of rotatable bonds is 1. The normalized spacial score (nSPS) is 16.6. The number of nitrogens with zero attached hydrogens (tertiary/aromatic N) is 1. The Morgan fingerprint density at radius 2 is 1.95 bits per heavy atom. The Morgan fingerprint density at radius 3 is 2.68 bits per heavy atom. The molecular weight excluding hydrogens is 260 g/mol. The topological polar surface area (TPSA) is 51.1 Å². The minimum Gasteiger partial charge on any atom is -0.334 e. The summed E-state index contributed by atoms with van der Waals surface area (Å²) >= 11 is 1.21. The molecule has 0 saturated heterocycles. The van der Waals surface area contributed by atoms with Gasteiger partial charge in [-0.3, -0.25) is 4.79 Å². The van der Waals surface area contributed by atoms with Gasteiger partial charge in [0.05, 0.1) is 10.1 Å². The van der Waals surface area contributed by atoms with Crippen molar-refractivity contribution in [3.05, 3.63) is 34.6 Å². The van der Waals surface area contributed by atoms with Crippen LogP contribution in [0.15, 0.2) is 29.1 Å². The average Bonchev–Trinajstić information content (AvgIpc) is 2.78. The molecule has 5 heteroatoms. The first-order chi connectivity index (χ1) is 9.25. The summed E-state index contributed by atoms with van der Waals surface area (Å²) in [4.78, 5) is 24.3. The highest BCUT2D eigenvalue weighted by Crippen LogP contribution is 2.19. The van der Waals surface area contributed by atoms with Crippen LogP contribution in [0.3, 0.4) is 0 Å². The highest BCUT2D eigenvalue weighted by Gasteiger charge is 2.19. The molecule has 3 rings (SSSR count). The molecule has 0 atom stereocenters. The zero-order valence-electron chi connectivity index (χ0n) is 10.6. The lowest BCUT2D eigenvalue weighted by Gasteiger charge is -2.22. The van der Waals surface area contributed by atoms with Gasteiger partial charge in [-0.1, -0.05) is 31.4 Å². The van der Waals surface area contributed by atoms with Crippen molar-refractivity contribution in [1.82, 2.24) is 9.27 Å². The number of fused-ring (bicyclic) bond motifs is 1. The molecule has 0 unspecified atom stereocenters. The largest absolute Gasteiger partial charge is 0.338 e. The van der Waals surface area contributed by atoms with Gasteiger partial charge in [0.15, 0.2) is 0 Å². The van der Waals surface area contributed by atoms with E-state index >= 15 is 0 Å². The Hall–Kier alpha value is -1.62. The second-order valence-electron chi connectivity index (χ2n) is 4.97. The van der Waals surface area contributed by atoms with E-state index in [4.69, 9.17) is 0 Å². The van der Waals surface area contributed by atoms with E-state index in [2.05, 4.69) is 5.32 Å². The van der Waals surface area contributed by atoms with Gasteiger partial charge in [0.25, 0.3) is 5.56 Å². The van der Waals surface area contributed by atoms with E-state index in [9.17, 15) is 9.59 Å². The Bertz CT molecular complexity index is 653. The molecule has 2 aromatic rings. The number of nitrogens with one attached hydrogen (secondary N) is 1. The van der Waals surface area contributed by atoms with Crippen molar-refractivity contribution < 1.29 is 4.79 Å². The summed E-state index contributed by atoms with van der Waals surface area (Å²) in [6.07, 6.45) is 5.60. The van der Waals surface area contributed by atoms with Gasteiger partial charge in [-0.15, -0.1) is 0 Å². The van der Waals surface area contributed by atoms with Crippen molar-refractivity contribution in [1.29, 1.82) is 0 Å². The molecule has 0 radical (unpaired) electrons. The Labute approximate surface area is 115 Å². The molecule has 1 aromatic carbocycles. The van der Waals surface area contributed by atoms with E-state index in [1.807, 2.05) is 18.2 Å². The molecule has 0 aliphatic heterocycles. The van der Waals surface area contributed by atoms with Gasteiger partial charge in [0.1, 0.15) is 0 Å². The average molecular weight is 276 g/mol. The van der Waals surface area contributed by atoms with Gasteiger partial charge in [-0.25, -0.2) is 4.79 Å². The van der Waals surface area contributed by atoms with Crippen LogP contribution < -0.4 is 10.9 Å². The van der Waals surface area contributed by atoms with Crippen LogP contribution >= 0.6 is 11.5 Å². The van der Waals surface area contributed by atoms with Crippen LogP contribution in [-0.4, -0.2) is 16.0 Å². The van der Waals surface area contributed by atoms with Crippen molar-refractivity contribution in [3.8, 4) is 0 Å². The van der Waals surface area contributed by atoms with Crippen LogP contribution in [0.2, 0.25) is 0 Å². The third-order valence-corrected chi connectivity index (χ3v) is 4.68. The maximum atomic E-state index is 12.2. The van der Waals surface area contributed by atoms with Crippen LogP contribution in [0.1, 0.15) is 32.1 Å². The minimum absolute atomic E-state index is 0.214. The Morgan fingerprint density at radius 1 is 1.21 bits per heavy atom. The van der Waals surface area contributed by atoms with Crippen molar-refractivity contribution in [2.24, 2.45) is 0 Å². The smallest absolute Gasteiger partial charge is 0.334 e. The third-order valence-electron chi connectivity index (χ3n) is 3.61. The van der Waals surface area contributed by atoms with E-state index in [-0.39, 0.29) is 17.6 Å². The highest BCUT2D eigenvalue weighted by atomic mass is 32.1. The number of benzene rings is 1. The SMILES string of the molecule is O=C(NC1CCCCC1)n1sc2ccccc2c1=O. The summed E-state index contributed by atoms with van der Waals surface area (Å²) in [5, 5.41) is 3.59. The second kappa shape index (κ2) is 5.17. The number of carbonyl (C=O) groups excluding carboxylic acids is 1. The van der Waals surface area contributed by atoms with E-state index in [0.717, 1.165) is 30.4 Å². The fourth-order valence-electron chi connectivity index (χ4n) is 2.59. The number of hydrogen-bond acceptors (Lipinski definition) is 3. The van der Waals surface area contributed by atoms with Crippen LogP contribution in [0.25, 0.3) is 10.1 Å². The summed E-state index contributed by atoms with van der Waals surface area (Å²) < 4.78 is 2.09. The van der Waals surface area contributed by atoms with Crippen molar-refractivity contribution >= 4 is 27.6 Å². The molecule has 0 spiro atoms. The molecule has 19 heavy (non-hydrogen) atoms. The van der Waals surface area contributed by atoms with Crippen LogP contribution in [0.4, 0.5) is 4.79 Å². The quantitative estimate of drug-likeness (QED) is 0.870. The predicted octanol–water partition coefficient (Wildman–Crippen LogP) is 2.95. The first kappa shape index (κ1) is 12.4. The molecule has 1 aromatic heterocycles. The van der Waals surface area contributed by atoms with E-state index in [1.54, 1.807) is 6.07 Å². The molecule has 1 saturated carbocycles. The van der Waals surface area contributed by atoms with E-state index in [1.165, 1.54) is 21.9 Å². The first-order valence-electron chi connectivity index (χ1n) is 6.67. The number of aromatic nitrogens is 1. The van der Waals surface area contributed by atoms with Crippen molar-refractivity contribution in [3.63, 3.8) is 0 Å². The molecule has 0 bridgehead atoms. The standard InChI is InChI=1S/C14H16N2O2S/c17-13-11-8-4-5-9-12(11)19-16(13)14(18)15-10-6-2-1-3-7-10/h4-5,8-10H,1-3,6-7H2,(H,15,18). The molecule has 1 heterocycles. The minimum atomic E-state index is -0.280. The van der Waals surface area contributed by atoms with E-state index in [0.29, 0.717) is 5.39 Å². The van der Waals surface area contributed by atoms with Gasteiger partial charge in [0, 0.05) is 6.04 Å². The summed E-state index contributed by atoms with van der Waals surface area (Å²) in [5.74, 6) is 0. The second-order valence-corrected chi connectivity index (χ2v) is 5.96. The Kier molecular flexibility index (Phi) is 3.38. The molecular formula is C14H16N2O2S. The zero-order chi connectivity index (χ0) is 13.2. The zero-order valence-corrected chi connectivity index (χ0v) is 11.4. The van der Waals surface area contributed by atoms with Gasteiger partial charge in [-0.05, 0) is 36.5 Å². The van der Waals surface area contributed by atoms with Gasteiger partial charge in [-0.2, -0.15) is 3.96 Å². The van der Waals surface area contributed by atoms with Gasteiger partial charge in [0.2, 0.25) is 0 Å². The lowest BCUT2D eigenvalue weighted by atomic mass is 9.96. The molecule has 1 N–H and O–H groups in total. The van der Waals surface area contributed by atoms with Crippen molar-refractivity contribution in [2.45, 2.75) is 38.1 Å². The van der Waals surface area contributed by atoms with Gasteiger partial charge >= 0.3 is 6.03 Å². The molecule has 1 aliphatic carbocycles.